The Balaban J connectivity index is 1.74. The first kappa shape index (κ1) is 25.8. The summed E-state index contributed by atoms with van der Waals surface area (Å²) in [7, 11) is -1.95. The quantitative estimate of drug-likeness (QED) is 0.360. The first-order valence-corrected chi connectivity index (χ1v) is 13.3. The number of benzene rings is 1. The molecule has 3 rings (SSSR count). The molecule has 1 atom stereocenters. The maximum Gasteiger partial charge on any atom is 0.212 e. The van der Waals surface area contributed by atoms with Crippen molar-refractivity contribution in [3.05, 3.63) is 60.0 Å². The molecular formula is C24H34N6O3S. The standard InChI is InChI=1S/C24H34N6O3S/c1-4-30(5-2)16-9-17-34(31,32)29-21(14-12-19-10-7-6-8-11-19)24-26-23(27-28-24)20-13-15-22(33-3)25-18-20/h6-8,10-11,13,15,18,21,29H,4-5,9,12,14,16-17H2,1-3H3,(H,26,27,28)/t21-/m1/s1. The van der Waals surface area contributed by atoms with Crippen LogP contribution in [0.3, 0.4) is 0 Å². The van der Waals surface area contributed by atoms with E-state index in [1.165, 1.54) is 0 Å². The zero-order chi connectivity index (χ0) is 24.4. The van der Waals surface area contributed by atoms with Gasteiger partial charge in [0.15, 0.2) is 5.82 Å². The number of methoxy groups -OCH3 is 1. The van der Waals surface area contributed by atoms with Crippen molar-refractivity contribution in [3.63, 3.8) is 0 Å². The summed E-state index contributed by atoms with van der Waals surface area (Å²) >= 11 is 0. The highest BCUT2D eigenvalue weighted by molar-refractivity contribution is 7.89. The van der Waals surface area contributed by atoms with Crippen LogP contribution in [-0.4, -0.2) is 66.0 Å². The topological polar surface area (TPSA) is 113 Å². The molecule has 2 N–H and O–H groups in total. The van der Waals surface area contributed by atoms with Crippen LogP contribution in [0, 0.1) is 0 Å². The van der Waals surface area contributed by atoms with Gasteiger partial charge in [0.05, 0.1) is 18.9 Å². The van der Waals surface area contributed by atoms with Gasteiger partial charge in [-0.25, -0.2) is 23.1 Å². The van der Waals surface area contributed by atoms with Crippen LogP contribution in [0.2, 0.25) is 0 Å². The van der Waals surface area contributed by atoms with Crippen LogP contribution in [0.15, 0.2) is 48.7 Å². The Morgan fingerprint density at radius 2 is 1.88 bits per heavy atom. The maximum atomic E-state index is 12.9. The summed E-state index contributed by atoms with van der Waals surface area (Å²) in [6, 6.07) is 13.0. The monoisotopic (exact) mass is 486 g/mol. The molecular weight excluding hydrogens is 452 g/mol. The van der Waals surface area contributed by atoms with Crippen molar-refractivity contribution >= 4 is 10.0 Å². The number of aromatic amines is 1. The Morgan fingerprint density at radius 3 is 2.53 bits per heavy atom. The van der Waals surface area contributed by atoms with Gasteiger partial charge in [-0.2, -0.15) is 5.10 Å². The number of rotatable bonds is 14. The lowest BCUT2D eigenvalue weighted by atomic mass is 10.1. The minimum Gasteiger partial charge on any atom is -0.481 e. The molecule has 0 aliphatic carbocycles. The second kappa shape index (κ2) is 12.6. The number of hydrogen-bond acceptors (Lipinski definition) is 7. The number of H-pyrrole nitrogens is 1. The van der Waals surface area contributed by atoms with E-state index in [2.05, 4.69) is 43.6 Å². The minimum atomic E-state index is -3.50. The summed E-state index contributed by atoms with van der Waals surface area (Å²) in [6.45, 7) is 6.72. The predicted octanol–water partition coefficient (Wildman–Crippen LogP) is 3.20. The van der Waals surface area contributed by atoms with Crippen molar-refractivity contribution in [2.45, 2.75) is 39.2 Å². The number of ether oxygens (including phenoxy) is 1. The molecule has 0 bridgehead atoms. The smallest absolute Gasteiger partial charge is 0.212 e. The molecule has 3 aromatic rings. The van der Waals surface area contributed by atoms with E-state index in [4.69, 9.17) is 4.74 Å². The van der Waals surface area contributed by atoms with Crippen LogP contribution in [0.1, 0.15) is 44.1 Å². The van der Waals surface area contributed by atoms with Gasteiger partial charge in [0, 0.05) is 17.8 Å². The van der Waals surface area contributed by atoms with E-state index in [-0.39, 0.29) is 5.75 Å². The van der Waals surface area contributed by atoms with E-state index < -0.39 is 16.1 Å². The van der Waals surface area contributed by atoms with E-state index in [9.17, 15) is 8.42 Å². The minimum absolute atomic E-state index is 0.0642. The zero-order valence-electron chi connectivity index (χ0n) is 20.1. The van der Waals surface area contributed by atoms with Crippen LogP contribution in [0.25, 0.3) is 11.4 Å². The molecule has 0 radical (unpaired) electrons. The number of pyridine rings is 1. The molecule has 0 unspecified atom stereocenters. The number of sulfonamides is 1. The Kier molecular flexibility index (Phi) is 9.55. The van der Waals surface area contributed by atoms with Crippen LogP contribution < -0.4 is 9.46 Å². The molecule has 0 aliphatic rings. The number of nitrogens with one attached hydrogen (secondary N) is 2. The van der Waals surface area contributed by atoms with Gasteiger partial charge in [0.1, 0.15) is 5.82 Å². The van der Waals surface area contributed by atoms with Crippen molar-refractivity contribution in [2.24, 2.45) is 0 Å². The van der Waals surface area contributed by atoms with Crippen molar-refractivity contribution in [3.8, 4) is 17.3 Å². The van der Waals surface area contributed by atoms with Gasteiger partial charge < -0.3 is 9.64 Å². The molecule has 9 nitrogen and oxygen atoms in total. The van der Waals surface area contributed by atoms with Crippen LogP contribution in [0.5, 0.6) is 5.88 Å². The van der Waals surface area contributed by atoms with Crippen molar-refractivity contribution in [2.75, 3.05) is 32.5 Å². The molecule has 0 saturated heterocycles. The summed E-state index contributed by atoms with van der Waals surface area (Å²) in [5, 5.41) is 7.23. The average molecular weight is 487 g/mol. The van der Waals surface area contributed by atoms with Gasteiger partial charge >= 0.3 is 0 Å². The van der Waals surface area contributed by atoms with Crippen molar-refractivity contribution in [1.82, 2.24) is 29.8 Å². The number of aryl methyl sites for hydroxylation is 1. The van der Waals surface area contributed by atoms with Gasteiger partial charge in [-0.1, -0.05) is 44.2 Å². The third kappa shape index (κ3) is 7.61. The normalized spacial score (nSPS) is 12.7. The summed E-state index contributed by atoms with van der Waals surface area (Å²) in [6.07, 6.45) is 3.45. The highest BCUT2D eigenvalue weighted by Crippen LogP contribution is 2.22. The lowest BCUT2D eigenvalue weighted by Crippen LogP contribution is -2.33. The number of nitrogens with zero attached hydrogens (tertiary/aromatic N) is 4. The van der Waals surface area contributed by atoms with Gasteiger partial charge in [0.25, 0.3) is 0 Å². The zero-order valence-corrected chi connectivity index (χ0v) is 20.9. The summed E-state index contributed by atoms with van der Waals surface area (Å²) in [5.41, 5.74) is 1.85. The fourth-order valence-electron chi connectivity index (χ4n) is 3.69. The Bertz CT molecular complexity index is 1100. The molecule has 0 spiro atoms. The molecule has 0 aliphatic heterocycles. The van der Waals surface area contributed by atoms with E-state index in [0.717, 1.165) is 25.2 Å². The van der Waals surface area contributed by atoms with E-state index in [0.29, 0.717) is 42.4 Å². The average Bonchev–Trinajstić information content (AvgIpc) is 3.35. The van der Waals surface area contributed by atoms with E-state index in [1.54, 1.807) is 19.4 Å². The molecule has 2 heterocycles. The Labute approximate surface area is 202 Å². The largest absolute Gasteiger partial charge is 0.481 e. The van der Waals surface area contributed by atoms with Gasteiger partial charge in [0.2, 0.25) is 15.9 Å². The second-order valence-electron chi connectivity index (χ2n) is 8.03. The lowest BCUT2D eigenvalue weighted by Gasteiger charge is -2.19. The van der Waals surface area contributed by atoms with Crippen LogP contribution >= 0.6 is 0 Å². The maximum absolute atomic E-state index is 12.9. The number of hydrogen-bond donors (Lipinski definition) is 2. The van der Waals surface area contributed by atoms with Gasteiger partial charge in [-0.3, -0.25) is 5.10 Å². The van der Waals surface area contributed by atoms with Gasteiger partial charge in [-0.05, 0) is 50.5 Å². The molecule has 0 saturated carbocycles. The van der Waals surface area contributed by atoms with E-state index in [1.807, 2.05) is 36.4 Å². The molecule has 10 heteroatoms. The first-order chi connectivity index (χ1) is 16.4. The molecule has 0 amide bonds. The first-order valence-electron chi connectivity index (χ1n) is 11.6. The second-order valence-corrected chi connectivity index (χ2v) is 9.90. The summed E-state index contributed by atoms with van der Waals surface area (Å²) < 4.78 is 33.8. The highest BCUT2D eigenvalue weighted by Gasteiger charge is 2.23. The molecule has 0 fully saturated rings. The lowest BCUT2D eigenvalue weighted by molar-refractivity contribution is 0.304. The van der Waals surface area contributed by atoms with Crippen molar-refractivity contribution < 1.29 is 13.2 Å². The fourth-order valence-corrected chi connectivity index (χ4v) is 4.98. The van der Waals surface area contributed by atoms with E-state index >= 15 is 0 Å². The molecule has 34 heavy (non-hydrogen) atoms. The SMILES string of the molecule is CCN(CC)CCCS(=O)(=O)N[C@H](CCc1ccccc1)c1nc(-c2ccc(OC)nc2)n[nH]1. The summed E-state index contributed by atoms with van der Waals surface area (Å²) in [4.78, 5) is 11.0. The number of aromatic nitrogens is 4. The molecule has 184 valence electrons. The Morgan fingerprint density at radius 1 is 1.12 bits per heavy atom. The molecule has 2 aromatic heterocycles. The highest BCUT2D eigenvalue weighted by atomic mass is 32.2. The van der Waals surface area contributed by atoms with Crippen molar-refractivity contribution in [1.29, 1.82) is 0 Å². The van der Waals surface area contributed by atoms with Crippen LogP contribution in [0.4, 0.5) is 0 Å². The van der Waals surface area contributed by atoms with Crippen LogP contribution in [-0.2, 0) is 16.4 Å². The Hall–Kier alpha value is -2.82. The predicted molar refractivity (Wildman–Crippen MR) is 133 cm³/mol. The third-order valence-corrected chi connectivity index (χ3v) is 7.17. The fraction of sp³-hybridized carbons (Fsp3) is 0.458. The molecule has 1 aromatic carbocycles. The summed E-state index contributed by atoms with van der Waals surface area (Å²) in [5.74, 6) is 1.50. The third-order valence-electron chi connectivity index (χ3n) is 5.70. The van der Waals surface area contributed by atoms with Gasteiger partial charge in [-0.15, -0.1) is 0 Å².